The number of hydrogen-bond acceptors (Lipinski definition) is 6. The van der Waals surface area contributed by atoms with Crippen LogP contribution < -0.4 is 20.8 Å². The van der Waals surface area contributed by atoms with E-state index in [1.165, 1.54) is 6.20 Å². The summed E-state index contributed by atoms with van der Waals surface area (Å²) in [6.45, 7) is 3.29. The van der Waals surface area contributed by atoms with E-state index in [1.54, 1.807) is 17.8 Å². The Kier molecular flexibility index (Phi) is 5.63. The number of nitrogens with zero attached hydrogens (tertiary/aromatic N) is 4. The van der Waals surface area contributed by atoms with Crippen molar-refractivity contribution in [3.05, 3.63) is 61.3 Å². The Labute approximate surface area is 200 Å². The quantitative estimate of drug-likeness (QED) is 0.572. The van der Waals surface area contributed by atoms with Gasteiger partial charge in [0.15, 0.2) is 10.8 Å². The van der Waals surface area contributed by atoms with Crippen LogP contribution in [0.1, 0.15) is 12.8 Å². The molecule has 10 heteroatoms. The zero-order valence-corrected chi connectivity index (χ0v) is 20.0. The lowest BCUT2D eigenvalue weighted by atomic mass is 9.60. The first-order valence-corrected chi connectivity index (χ1v) is 11.6. The zero-order valence-electron chi connectivity index (χ0n) is 18.5. The van der Waals surface area contributed by atoms with Crippen molar-refractivity contribution < 1.29 is 4.74 Å². The molecule has 0 radical (unpaired) electrons. The maximum absolute atomic E-state index is 12.6. The number of halogens is 2. The molecule has 1 aliphatic heterocycles. The molecule has 0 unspecified atom stereocenters. The lowest BCUT2D eigenvalue weighted by Crippen LogP contribution is -2.66. The third-order valence-electron chi connectivity index (χ3n) is 6.98. The number of anilines is 1. The molecule has 1 spiro atoms. The monoisotopic (exact) mass is 489 g/mol. The third-order valence-corrected chi connectivity index (χ3v) is 7.66. The first kappa shape index (κ1) is 22.3. The van der Waals surface area contributed by atoms with Crippen LogP contribution in [0.3, 0.4) is 0 Å². The van der Waals surface area contributed by atoms with Crippen LogP contribution in [0.15, 0.2) is 40.2 Å². The van der Waals surface area contributed by atoms with Crippen molar-refractivity contribution in [3.8, 4) is 5.75 Å². The molecule has 2 aromatic heterocycles. The molecule has 174 valence electrons. The number of pyridine rings is 1. The van der Waals surface area contributed by atoms with Gasteiger partial charge in [-0.05, 0) is 36.5 Å². The standard InChI is InChI=1S/C23H25Cl2N5O3/c1-28-6-5-15-17(4-3-16(24)19(15)22(28)32)29(2)14-9-23(10-14)12-30(13-23)7-8-33-18-11-26-27-21(31)20(18)25/h3-6,11,14H,7-10,12-13H2,1-2H3,(H,27,31). The van der Waals surface area contributed by atoms with E-state index in [9.17, 15) is 9.59 Å². The first-order valence-electron chi connectivity index (χ1n) is 10.9. The van der Waals surface area contributed by atoms with E-state index in [0.29, 0.717) is 34.2 Å². The largest absolute Gasteiger partial charge is 0.489 e. The van der Waals surface area contributed by atoms with Crippen molar-refractivity contribution in [2.24, 2.45) is 12.5 Å². The molecule has 1 N–H and O–H groups in total. The van der Waals surface area contributed by atoms with Gasteiger partial charge in [0.2, 0.25) is 0 Å². The maximum atomic E-state index is 12.6. The van der Waals surface area contributed by atoms with Crippen molar-refractivity contribution in [2.45, 2.75) is 18.9 Å². The summed E-state index contributed by atoms with van der Waals surface area (Å²) >= 11 is 12.3. The van der Waals surface area contributed by atoms with E-state index < -0.39 is 5.56 Å². The molecule has 3 aromatic rings. The van der Waals surface area contributed by atoms with Gasteiger partial charge in [-0.2, -0.15) is 5.10 Å². The fraction of sp³-hybridized carbons (Fsp3) is 0.435. The fourth-order valence-corrected chi connectivity index (χ4v) is 5.58. The minimum atomic E-state index is -0.449. The molecule has 0 bridgehead atoms. The van der Waals surface area contributed by atoms with E-state index in [1.807, 2.05) is 18.2 Å². The van der Waals surface area contributed by atoms with Crippen LogP contribution in [-0.2, 0) is 7.05 Å². The number of aromatic nitrogens is 3. The number of fused-ring (bicyclic) bond motifs is 1. The summed E-state index contributed by atoms with van der Waals surface area (Å²) in [5.41, 5.74) is 0.864. The lowest BCUT2D eigenvalue weighted by molar-refractivity contribution is -0.0749. The van der Waals surface area contributed by atoms with Crippen molar-refractivity contribution in [1.29, 1.82) is 0 Å². The Bertz CT molecular complexity index is 1320. The number of rotatable bonds is 6. The van der Waals surface area contributed by atoms with Crippen molar-refractivity contribution in [2.75, 3.05) is 38.2 Å². The molecule has 2 aliphatic rings. The van der Waals surface area contributed by atoms with Gasteiger partial charge in [0, 0.05) is 57.0 Å². The van der Waals surface area contributed by atoms with Crippen LogP contribution >= 0.6 is 23.2 Å². The lowest BCUT2D eigenvalue weighted by Gasteiger charge is -2.61. The average molecular weight is 490 g/mol. The number of nitrogens with one attached hydrogen (secondary N) is 1. The van der Waals surface area contributed by atoms with Crippen molar-refractivity contribution in [1.82, 2.24) is 19.7 Å². The van der Waals surface area contributed by atoms with Gasteiger partial charge in [-0.15, -0.1) is 0 Å². The molecule has 2 fully saturated rings. The summed E-state index contributed by atoms with van der Waals surface area (Å²) in [6, 6.07) is 6.22. The smallest absolute Gasteiger partial charge is 0.286 e. The van der Waals surface area contributed by atoms with Gasteiger partial charge >= 0.3 is 0 Å². The Morgan fingerprint density at radius 3 is 2.76 bits per heavy atom. The number of likely N-dealkylation sites (tertiary alicyclic amines) is 1. The van der Waals surface area contributed by atoms with E-state index >= 15 is 0 Å². The molecule has 1 aromatic carbocycles. The van der Waals surface area contributed by atoms with E-state index in [4.69, 9.17) is 27.9 Å². The van der Waals surface area contributed by atoms with Crippen molar-refractivity contribution >= 4 is 39.7 Å². The van der Waals surface area contributed by atoms with Crippen LogP contribution in [0.25, 0.3) is 10.8 Å². The van der Waals surface area contributed by atoms with Gasteiger partial charge in [-0.25, -0.2) is 5.10 Å². The molecule has 1 saturated heterocycles. The summed E-state index contributed by atoms with van der Waals surface area (Å²) in [5.74, 6) is 0.311. The Balaban J connectivity index is 1.17. The first-order chi connectivity index (χ1) is 15.8. The minimum absolute atomic E-state index is 0.0301. The van der Waals surface area contributed by atoms with Gasteiger partial charge in [0.25, 0.3) is 11.1 Å². The number of aromatic amines is 1. The minimum Gasteiger partial charge on any atom is -0.489 e. The Morgan fingerprint density at radius 1 is 1.24 bits per heavy atom. The number of benzene rings is 1. The highest BCUT2D eigenvalue weighted by atomic mass is 35.5. The van der Waals surface area contributed by atoms with Gasteiger partial charge in [0.05, 0.1) is 16.6 Å². The second kappa shape index (κ2) is 8.34. The number of aryl methyl sites for hydroxylation is 1. The van der Waals surface area contributed by atoms with E-state index in [2.05, 4.69) is 27.0 Å². The highest BCUT2D eigenvalue weighted by Gasteiger charge is 2.53. The number of H-pyrrole nitrogens is 1. The number of hydrogen-bond donors (Lipinski definition) is 1. The third kappa shape index (κ3) is 3.90. The van der Waals surface area contributed by atoms with Crippen LogP contribution in [0.2, 0.25) is 10.0 Å². The highest BCUT2D eigenvalue weighted by molar-refractivity contribution is 6.36. The molecular weight excluding hydrogens is 465 g/mol. The zero-order chi connectivity index (χ0) is 23.3. The number of ether oxygens (including phenoxy) is 1. The summed E-state index contributed by atoms with van der Waals surface area (Å²) in [7, 11) is 3.84. The normalized spacial score (nSPS) is 17.7. The van der Waals surface area contributed by atoms with Gasteiger partial charge in [-0.3, -0.25) is 14.5 Å². The molecule has 1 saturated carbocycles. The highest BCUT2D eigenvalue weighted by Crippen LogP contribution is 2.51. The second-order valence-corrected chi connectivity index (χ2v) is 9.98. The van der Waals surface area contributed by atoms with Crippen LogP contribution in [0.5, 0.6) is 5.75 Å². The fourth-order valence-electron chi connectivity index (χ4n) is 5.19. The molecule has 33 heavy (non-hydrogen) atoms. The molecule has 3 heterocycles. The van der Waals surface area contributed by atoms with E-state index in [0.717, 1.165) is 43.5 Å². The molecule has 8 nitrogen and oxygen atoms in total. The maximum Gasteiger partial charge on any atom is 0.286 e. The van der Waals surface area contributed by atoms with Gasteiger partial charge < -0.3 is 14.2 Å². The van der Waals surface area contributed by atoms with Crippen LogP contribution in [-0.4, -0.2) is 59.0 Å². The molecule has 0 amide bonds. The van der Waals surface area contributed by atoms with Crippen LogP contribution in [0, 0.1) is 5.41 Å². The topological polar surface area (TPSA) is 83.5 Å². The summed E-state index contributed by atoms with van der Waals surface area (Å²) in [4.78, 5) is 28.7. The van der Waals surface area contributed by atoms with Gasteiger partial charge in [-0.1, -0.05) is 23.2 Å². The van der Waals surface area contributed by atoms with Gasteiger partial charge in [0.1, 0.15) is 6.61 Å². The van der Waals surface area contributed by atoms with Crippen molar-refractivity contribution in [3.63, 3.8) is 0 Å². The second-order valence-electron chi connectivity index (χ2n) is 9.20. The summed E-state index contributed by atoms with van der Waals surface area (Å²) in [5, 5.41) is 7.98. The molecular formula is C23H25Cl2N5O3. The Morgan fingerprint density at radius 2 is 2.00 bits per heavy atom. The predicted molar refractivity (Wildman–Crippen MR) is 130 cm³/mol. The summed E-state index contributed by atoms with van der Waals surface area (Å²) in [6.07, 6.45) is 5.44. The Hall–Kier alpha value is -2.55. The summed E-state index contributed by atoms with van der Waals surface area (Å²) < 4.78 is 7.19. The molecule has 0 atom stereocenters. The molecule has 5 rings (SSSR count). The predicted octanol–water partition coefficient (Wildman–Crippen LogP) is 2.91. The van der Waals surface area contributed by atoms with E-state index in [-0.39, 0.29) is 10.6 Å². The molecule has 1 aliphatic carbocycles. The van der Waals surface area contributed by atoms with Crippen LogP contribution in [0.4, 0.5) is 5.69 Å². The average Bonchev–Trinajstić information content (AvgIpc) is 2.73. The SMILES string of the molecule is CN(c1ccc(Cl)c2c(=O)n(C)ccc12)C1CC2(C1)CN(CCOc1cn[nH]c(=O)c1Cl)C2.